The highest BCUT2D eigenvalue weighted by Gasteiger charge is 2.38. The van der Waals surface area contributed by atoms with Gasteiger partial charge in [-0.1, -0.05) is 50.3 Å². The summed E-state index contributed by atoms with van der Waals surface area (Å²) in [5.74, 6) is 0.115. The van der Waals surface area contributed by atoms with Crippen molar-refractivity contribution in [2.75, 3.05) is 20.0 Å². The minimum Gasteiger partial charge on any atom is -0.370 e. The Morgan fingerprint density at radius 3 is 2.88 bits per heavy atom. The second kappa shape index (κ2) is 6.52. The molecule has 4 heteroatoms. The molecule has 0 N–H and O–H groups in total. The Morgan fingerprint density at radius 1 is 1.24 bits per heavy atom. The van der Waals surface area contributed by atoms with Crippen molar-refractivity contribution in [3.8, 4) is 0 Å². The van der Waals surface area contributed by atoms with Crippen LogP contribution in [0.25, 0.3) is 0 Å². The summed E-state index contributed by atoms with van der Waals surface area (Å²) in [6.45, 7) is 5.71. The number of carbonyl (C=O) groups excluding carboxylic acids is 1. The van der Waals surface area contributed by atoms with Gasteiger partial charge in [0.1, 0.15) is 12.9 Å². The largest absolute Gasteiger partial charge is 0.370 e. The summed E-state index contributed by atoms with van der Waals surface area (Å²) < 4.78 is 17.0. The van der Waals surface area contributed by atoms with Crippen molar-refractivity contribution in [3.05, 3.63) is 58.7 Å². The van der Waals surface area contributed by atoms with E-state index in [2.05, 4.69) is 26.0 Å². The molecule has 1 fully saturated rings. The molecule has 0 spiro atoms. The van der Waals surface area contributed by atoms with Crippen molar-refractivity contribution in [2.24, 2.45) is 5.41 Å². The number of rotatable bonds is 3. The molecule has 25 heavy (non-hydrogen) atoms. The maximum atomic E-state index is 13.1. The van der Waals surface area contributed by atoms with E-state index in [1.165, 1.54) is 0 Å². The van der Waals surface area contributed by atoms with Gasteiger partial charge >= 0.3 is 0 Å². The number of ketones is 1. The van der Waals surface area contributed by atoms with E-state index in [4.69, 9.17) is 14.2 Å². The Morgan fingerprint density at radius 2 is 2.08 bits per heavy atom. The van der Waals surface area contributed by atoms with Crippen LogP contribution >= 0.6 is 0 Å². The normalized spacial score (nSPS) is 27.8. The van der Waals surface area contributed by atoms with E-state index in [9.17, 15) is 4.79 Å². The molecule has 1 aromatic carbocycles. The Labute approximate surface area is 148 Å². The first-order chi connectivity index (χ1) is 12.1. The number of Topliss-reactive ketones (excluding diaryl/α,β-unsaturated/α-hetero) is 1. The Hall–Kier alpha value is -1.75. The van der Waals surface area contributed by atoms with Gasteiger partial charge in [-0.2, -0.15) is 0 Å². The lowest BCUT2D eigenvalue weighted by Crippen LogP contribution is -2.38. The van der Waals surface area contributed by atoms with Crippen LogP contribution in [0.4, 0.5) is 0 Å². The van der Waals surface area contributed by atoms with E-state index in [0.717, 1.165) is 35.1 Å². The van der Waals surface area contributed by atoms with Crippen molar-refractivity contribution in [1.82, 2.24) is 0 Å². The summed E-state index contributed by atoms with van der Waals surface area (Å²) >= 11 is 0. The molecule has 4 nitrogen and oxygen atoms in total. The van der Waals surface area contributed by atoms with Crippen molar-refractivity contribution in [3.63, 3.8) is 0 Å². The molecule has 0 saturated carbocycles. The summed E-state index contributed by atoms with van der Waals surface area (Å²) in [7, 11) is 0. The fraction of sp³-hybridized carbons (Fsp3) is 0.476. The molecule has 1 saturated heterocycles. The minimum atomic E-state index is -0.158. The predicted molar refractivity (Wildman–Crippen MR) is 94.5 cm³/mol. The number of carbonyl (C=O) groups is 1. The smallest absolute Gasteiger partial charge is 0.193 e. The van der Waals surface area contributed by atoms with Gasteiger partial charge in [0.15, 0.2) is 5.78 Å². The fourth-order valence-electron chi connectivity index (χ4n) is 3.93. The van der Waals surface area contributed by atoms with E-state index >= 15 is 0 Å². The summed E-state index contributed by atoms with van der Waals surface area (Å²) in [5, 5.41) is 0. The molecule has 0 bridgehead atoms. The van der Waals surface area contributed by atoms with Crippen LogP contribution in [-0.2, 0) is 20.6 Å². The molecular formula is C21H24O4. The maximum Gasteiger partial charge on any atom is 0.193 e. The number of aryl methyl sites for hydroxylation is 1. The zero-order valence-electron chi connectivity index (χ0n) is 14.8. The highest BCUT2D eigenvalue weighted by atomic mass is 16.7. The molecule has 0 aromatic heterocycles. The van der Waals surface area contributed by atoms with Crippen LogP contribution in [0.2, 0.25) is 0 Å². The monoisotopic (exact) mass is 340 g/mol. The molecule has 3 aliphatic rings. The Balaban J connectivity index is 1.64. The number of benzene rings is 1. The zero-order chi connectivity index (χ0) is 17.4. The van der Waals surface area contributed by atoms with Crippen LogP contribution < -0.4 is 0 Å². The average Bonchev–Trinajstić information content (AvgIpc) is 3.07. The van der Waals surface area contributed by atoms with E-state index in [0.29, 0.717) is 20.0 Å². The molecule has 1 aliphatic heterocycles. The summed E-state index contributed by atoms with van der Waals surface area (Å²) in [6.07, 6.45) is 5.68. The molecule has 2 unspecified atom stereocenters. The van der Waals surface area contributed by atoms with Gasteiger partial charge in [-0.15, -0.1) is 0 Å². The number of hydrogen-bond acceptors (Lipinski definition) is 4. The molecule has 0 amide bonds. The molecule has 132 valence electrons. The van der Waals surface area contributed by atoms with Gasteiger partial charge < -0.3 is 14.2 Å². The van der Waals surface area contributed by atoms with Crippen LogP contribution in [0, 0.1) is 5.41 Å². The van der Waals surface area contributed by atoms with E-state index in [1.54, 1.807) is 0 Å². The lowest BCUT2D eigenvalue weighted by atomic mass is 9.75. The second-order valence-corrected chi connectivity index (χ2v) is 7.57. The van der Waals surface area contributed by atoms with Crippen molar-refractivity contribution >= 4 is 5.78 Å². The van der Waals surface area contributed by atoms with Gasteiger partial charge in [-0.25, -0.2) is 0 Å². The molecule has 1 aromatic rings. The highest BCUT2D eigenvalue weighted by molar-refractivity contribution is 6.12. The fourth-order valence-corrected chi connectivity index (χ4v) is 3.93. The molecule has 2 aliphatic carbocycles. The van der Waals surface area contributed by atoms with Crippen LogP contribution in [0.15, 0.2) is 47.6 Å². The number of fused-ring (bicyclic) bond motifs is 1. The molecule has 2 atom stereocenters. The molecule has 1 heterocycles. The van der Waals surface area contributed by atoms with Crippen LogP contribution in [-0.4, -0.2) is 38.0 Å². The number of hydrogen-bond donors (Lipinski definition) is 0. The van der Waals surface area contributed by atoms with Crippen molar-refractivity contribution < 1.29 is 19.0 Å². The lowest BCUT2D eigenvalue weighted by molar-refractivity contribution is -0.0402. The first-order valence-corrected chi connectivity index (χ1v) is 8.92. The van der Waals surface area contributed by atoms with Gasteiger partial charge in [0.25, 0.3) is 0 Å². The number of allylic oxidation sites excluding steroid dienone is 2. The van der Waals surface area contributed by atoms with Gasteiger partial charge in [0.05, 0.1) is 19.3 Å². The summed E-state index contributed by atoms with van der Waals surface area (Å²) in [6, 6.07) is 7.92. The van der Waals surface area contributed by atoms with E-state index in [1.807, 2.05) is 24.3 Å². The topological polar surface area (TPSA) is 44.8 Å². The first-order valence-electron chi connectivity index (χ1n) is 8.92. The zero-order valence-corrected chi connectivity index (χ0v) is 14.8. The average molecular weight is 340 g/mol. The van der Waals surface area contributed by atoms with Crippen LogP contribution in [0.1, 0.15) is 36.2 Å². The highest BCUT2D eigenvalue weighted by Crippen LogP contribution is 2.41. The standard InChI is InChI=1S/C21H24O4/c1-21(2)10-9-17-18(20(21)24-12-15-11-23-13-25-15)8-7-14-5-3-4-6-16(14)19(17)22/h3-6,9-10,15,20H,7-8,11-13H2,1-2H3. The second-order valence-electron chi connectivity index (χ2n) is 7.57. The van der Waals surface area contributed by atoms with Gasteiger partial charge in [0.2, 0.25) is 0 Å². The van der Waals surface area contributed by atoms with Gasteiger partial charge in [-0.05, 0) is 24.0 Å². The SMILES string of the molecule is CC1(C)C=CC2=C(CCc3ccccc3C2=O)C1OCC1COCO1. The third-order valence-corrected chi connectivity index (χ3v) is 5.33. The van der Waals surface area contributed by atoms with Crippen molar-refractivity contribution in [1.29, 1.82) is 0 Å². The summed E-state index contributed by atoms with van der Waals surface area (Å²) in [5.41, 5.74) is 3.71. The molecule has 4 rings (SSSR count). The van der Waals surface area contributed by atoms with E-state index in [-0.39, 0.29) is 23.4 Å². The van der Waals surface area contributed by atoms with Crippen molar-refractivity contribution in [2.45, 2.75) is 38.9 Å². The maximum absolute atomic E-state index is 13.1. The van der Waals surface area contributed by atoms with Gasteiger partial charge in [-0.3, -0.25) is 4.79 Å². The molecular weight excluding hydrogens is 316 g/mol. The first kappa shape index (κ1) is 16.7. The quantitative estimate of drug-likeness (QED) is 0.845. The Bertz CT molecular complexity index is 738. The van der Waals surface area contributed by atoms with E-state index < -0.39 is 0 Å². The third kappa shape index (κ3) is 3.10. The minimum absolute atomic E-state index is 0.0237. The van der Waals surface area contributed by atoms with Crippen LogP contribution in [0.3, 0.4) is 0 Å². The number of ether oxygens (including phenoxy) is 3. The molecule has 0 radical (unpaired) electrons. The third-order valence-electron chi connectivity index (χ3n) is 5.33. The van der Waals surface area contributed by atoms with Gasteiger partial charge in [0, 0.05) is 16.6 Å². The van der Waals surface area contributed by atoms with Crippen LogP contribution in [0.5, 0.6) is 0 Å². The summed E-state index contributed by atoms with van der Waals surface area (Å²) in [4.78, 5) is 13.1. The predicted octanol–water partition coefficient (Wildman–Crippen LogP) is 3.47. The lowest BCUT2D eigenvalue weighted by Gasteiger charge is -2.37. The Kier molecular flexibility index (Phi) is 4.36.